The van der Waals surface area contributed by atoms with Crippen molar-refractivity contribution in [2.24, 2.45) is 7.05 Å². The molecule has 0 unspecified atom stereocenters. The molecule has 0 bridgehead atoms. The molecule has 3 aromatic rings. The highest BCUT2D eigenvalue weighted by Crippen LogP contribution is 2.19. The molecule has 29 heavy (non-hydrogen) atoms. The number of rotatable bonds is 6. The smallest absolute Gasteiger partial charge is 0.340 e. The third kappa shape index (κ3) is 4.43. The number of Topliss-reactive ketones (excluding diaryl/α,β-unsaturated/α-hetero) is 1. The van der Waals surface area contributed by atoms with E-state index in [4.69, 9.17) is 4.74 Å². The summed E-state index contributed by atoms with van der Waals surface area (Å²) in [6, 6.07) is 17.0. The van der Waals surface area contributed by atoms with Crippen LogP contribution in [0.5, 0.6) is 0 Å². The summed E-state index contributed by atoms with van der Waals surface area (Å²) in [5.74, 6) is -1.28. The highest BCUT2D eigenvalue weighted by Gasteiger charge is 2.19. The summed E-state index contributed by atoms with van der Waals surface area (Å²) in [5.41, 5.74) is 3.28. The van der Waals surface area contributed by atoms with Crippen molar-refractivity contribution in [2.75, 3.05) is 11.9 Å². The van der Waals surface area contributed by atoms with E-state index in [1.54, 1.807) is 54.6 Å². The highest BCUT2D eigenvalue weighted by molar-refractivity contribution is 6.08. The number of esters is 1. The van der Waals surface area contributed by atoms with Gasteiger partial charge >= 0.3 is 5.97 Å². The number of aromatic nitrogens is 1. The Balaban J connectivity index is 1.70. The maximum Gasteiger partial charge on any atom is 0.340 e. The first kappa shape index (κ1) is 20.1. The van der Waals surface area contributed by atoms with Gasteiger partial charge in [-0.05, 0) is 44.2 Å². The fraction of sp³-hybridized carbons (Fsp3) is 0.174. The second-order valence-corrected chi connectivity index (χ2v) is 6.71. The summed E-state index contributed by atoms with van der Waals surface area (Å²) >= 11 is 0. The van der Waals surface area contributed by atoms with Crippen molar-refractivity contribution in [3.8, 4) is 0 Å². The van der Waals surface area contributed by atoms with Crippen LogP contribution in [0.3, 0.4) is 0 Å². The molecule has 0 aliphatic rings. The van der Waals surface area contributed by atoms with E-state index >= 15 is 0 Å². The number of para-hydroxylation sites is 1. The summed E-state index contributed by atoms with van der Waals surface area (Å²) in [7, 11) is 1.87. The average Bonchev–Trinajstić information content (AvgIpc) is 3.00. The molecule has 6 heteroatoms. The Bertz CT molecular complexity index is 1070. The molecule has 3 rings (SSSR count). The predicted octanol–water partition coefficient (Wildman–Crippen LogP) is 3.93. The van der Waals surface area contributed by atoms with E-state index in [0.717, 1.165) is 11.4 Å². The third-order valence-electron chi connectivity index (χ3n) is 4.84. The van der Waals surface area contributed by atoms with Gasteiger partial charge in [-0.2, -0.15) is 0 Å². The van der Waals surface area contributed by atoms with E-state index in [2.05, 4.69) is 5.32 Å². The van der Waals surface area contributed by atoms with E-state index in [-0.39, 0.29) is 23.9 Å². The molecule has 1 aromatic heterocycles. The summed E-state index contributed by atoms with van der Waals surface area (Å²) < 4.78 is 7.13. The van der Waals surface area contributed by atoms with E-state index < -0.39 is 5.97 Å². The Labute approximate surface area is 169 Å². The fourth-order valence-electron chi connectivity index (χ4n) is 2.98. The second kappa shape index (κ2) is 8.56. The molecule has 0 saturated heterocycles. The summed E-state index contributed by atoms with van der Waals surface area (Å²) in [6.45, 7) is 3.38. The van der Waals surface area contributed by atoms with E-state index in [1.165, 1.54) is 0 Å². The molecule has 0 atom stereocenters. The van der Waals surface area contributed by atoms with Crippen LogP contribution in [0.4, 0.5) is 5.69 Å². The monoisotopic (exact) mass is 390 g/mol. The van der Waals surface area contributed by atoms with Crippen molar-refractivity contribution in [3.05, 3.63) is 88.7 Å². The van der Waals surface area contributed by atoms with Crippen LogP contribution in [0.1, 0.15) is 42.5 Å². The van der Waals surface area contributed by atoms with Crippen molar-refractivity contribution >= 4 is 23.3 Å². The molecule has 0 aliphatic heterocycles. The lowest BCUT2D eigenvalue weighted by molar-refractivity contribution is 0.0475. The van der Waals surface area contributed by atoms with Crippen molar-refractivity contribution in [1.29, 1.82) is 0 Å². The van der Waals surface area contributed by atoms with Gasteiger partial charge in [0.1, 0.15) is 0 Å². The minimum absolute atomic E-state index is 0.186. The van der Waals surface area contributed by atoms with Gasteiger partial charge in [-0.25, -0.2) is 4.79 Å². The number of benzene rings is 2. The Kier molecular flexibility index (Phi) is 5.93. The zero-order valence-corrected chi connectivity index (χ0v) is 16.6. The minimum Gasteiger partial charge on any atom is -0.454 e. The normalized spacial score (nSPS) is 10.4. The SMILES string of the molecule is Cc1cc(C(=O)COC(=O)c2ccccc2NC(=O)c2ccccc2)c(C)n1C. The maximum atomic E-state index is 12.5. The third-order valence-corrected chi connectivity index (χ3v) is 4.84. The molecule has 0 saturated carbocycles. The molecule has 0 fully saturated rings. The molecule has 1 amide bonds. The molecular weight excluding hydrogens is 368 g/mol. The van der Waals surface area contributed by atoms with E-state index in [9.17, 15) is 14.4 Å². The molecule has 1 N–H and O–H groups in total. The Hall–Kier alpha value is -3.67. The lowest BCUT2D eigenvalue weighted by Crippen LogP contribution is -2.18. The second-order valence-electron chi connectivity index (χ2n) is 6.71. The Morgan fingerprint density at radius 1 is 0.931 bits per heavy atom. The number of amides is 1. The first-order valence-corrected chi connectivity index (χ1v) is 9.17. The van der Waals surface area contributed by atoms with E-state index in [1.807, 2.05) is 31.5 Å². The number of aryl methyl sites for hydroxylation is 1. The lowest BCUT2D eigenvalue weighted by Gasteiger charge is -2.11. The van der Waals surface area contributed by atoms with Crippen molar-refractivity contribution in [3.63, 3.8) is 0 Å². The first-order chi connectivity index (χ1) is 13.9. The van der Waals surface area contributed by atoms with Gasteiger partial charge in [-0.3, -0.25) is 9.59 Å². The van der Waals surface area contributed by atoms with Crippen LogP contribution in [0.15, 0.2) is 60.7 Å². The number of nitrogens with one attached hydrogen (secondary N) is 1. The van der Waals surface area contributed by atoms with Crippen LogP contribution in [-0.4, -0.2) is 28.8 Å². The Morgan fingerprint density at radius 3 is 2.24 bits per heavy atom. The van der Waals surface area contributed by atoms with Crippen molar-refractivity contribution in [2.45, 2.75) is 13.8 Å². The quantitative estimate of drug-likeness (QED) is 0.511. The van der Waals surface area contributed by atoms with Crippen molar-refractivity contribution in [1.82, 2.24) is 4.57 Å². The topological polar surface area (TPSA) is 77.4 Å². The minimum atomic E-state index is -0.674. The van der Waals surface area contributed by atoms with Crippen LogP contribution < -0.4 is 5.32 Å². The van der Waals surface area contributed by atoms with Crippen LogP contribution in [0.2, 0.25) is 0 Å². The van der Waals surface area contributed by atoms with Crippen LogP contribution >= 0.6 is 0 Å². The van der Waals surface area contributed by atoms with Gasteiger partial charge in [0.15, 0.2) is 6.61 Å². The lowest BCUT2D eigenvalue weighted by atomic mass is 10.1. The molecule has 2 aromatic carbocycles. The van der Waals surface area contributed by atoms with Crippen LogP contribution in [0, 0.1) is 13.8 Å². The maximum absolute atomic E-state index is 12.5. The highest BCUT2D eigenvalue weighted by atomic mass is 16.5. The van der Waals surface area contributed by atoms with Crippen LogP contribution in [-0.2, 0) is 11.8 Å². The van der Waals surface area contributed by atoms with Gasteiger partial charge in [-0.1, -0.05) is 30.3 Å². The van der Waals surface area contributed by atoms with E-state index in [0.29, 0.717) is 16.8 Å². The van der Waals surface area contributed by atoms with Gasteiger partial charge in [-0.15, -0.1) is 0 Å². The molecule has 0 aliphatic carbocycles. The number of hydrogen-bond donors (Lipinski definition) is 1. The number of carbonyl (C=O) groups excluding carboxylic acids is 3. The Morgan fingerprint density at radius 2 is 1.59 bits per heavy atom. The van der Waals surface area contributed by atoms with Crippen LogP contribution in [0.25, 0.3) is 0 Å². The standard InChI is InChI=1S/C23H22N2O4/c1-15-13-19(16(2)25(15)3)21(26)14-29-23(28)18-11-7-8-12-20(18)24-22(27)17-9-5-4-6-10-17/h4-13H,14H2,1-3H3,(H,24,27). The molecule has 0 radical (unpaired) electrons. The van der Waals surface area contributed by atoms with Crippen molar-refractivity contribution < 1.29 is 19.1 Å². The summed E-state index contributed by atoms with van der Waals surface area (Å²) in [6.07, 6.45) is 0. The number of ketones is 1. The number of ether oxygens (including phenoxy) is 1. The van der Waals surface area contributed by atoms with Gasteiger partial charge in [0, 0.05) is 29.6 Å². The molecule has 0 spiro atoms. The number of hydrogen-bond acceptors (Lipinski definition) is 4. The summed E-state index contributed by atoms with van der Waals surface area (Å²) in [5, 5.41) is 2.72. The first-order valence-electron chi connectivity index (χ1n) is 9.17. The molecule has 1 heterocycles. The molecule has 6 nitrogen and oxygen atoms in total. The number of nitrogens with zero attached hydrogens (tertiary/aromatic N) is 1. The number of anilines is 1. The molecule has 148 valence electrons. The fourth-order valence-corrected chi connectivity index (χ4v) is 2.98. The zero-order valence-electron chi connectivity index (χ0n) is 16.6. The summed E-state index contributed by atoms with van der Waals surface area (Å²) in [4.78, 5) is 37.4. The van der Waals surface area contributed by atoms with Gasteiger partial charge in [0.25, 0.3) is 5.91 Å². The van der Waals surface area contributed by atoms with Gasteiger partial charge < -0.3 is 14.6 Å². The number of carbonyl (C=O) groups is 3. The average molecular weight is 390 g/mol. The largest absolute Gasteiger partial charge is 0.454 e. The molecular formula is C23H22N2O4. The predicted molar refractivity (Wildman–Crippen MR) is 110 cm³/mol. The van der Waals surface area contributed by atoms with Gasteiger partial charge in [0.2, 0.25) is 5.78 Å². The zero-order chi connectivity index (χ0) is 21.0. The van der Waals surface area contributed by atoms with Gasteiger partial charge in [0.05, 0.1) is 11.3 Å².